The van der Waals surface area contributed by atoms with E-state index in [2.05, 4.69) is 6.58 Å². The molecule has 0 bridgehead atoms. The molecule has 74 valence electrons. The van der Waals surface area contributed by atoms with E-state index in [1.165, 1.54) is 6.08 Å². The molecule has 0 aromatic rings. The fraction of sp³-hybridized carbons (Fsp3) is 0.364. The Balaban J connectivity index is 0. The summed E-state index contributed by atoms with van der Waals surface area (Å²) >= 11 is 0. The lowest BCUT2D eigenvalue weighted by Crippen LogP contribution is -1.96. The predicted octanol–water partition coefficient (Wildman–Crippen LogP) is 3.18. The van der Waals surface area contributed by atoms with E-state index in [0.717, 1.165) is 5.57 Å². The number of aliphatic carboxylic acids is 1. The highest BCUT2D eigenvalue weighted by atomic mass is 16.4. The van der Waals surface area contributed by atoms with Crippen molar-refractivity contribution in [3.8, 4) is 0 Å². The lowest BCUT2D eigenvalue weighted by molar-refractivity contribution is -0.132. The third-order valence-electron chi connectivity index (χ3n) is 1.11. The maximum atomic E-state index is 10.4. The Morgan fingerprint density at radius 2 is 1.77 bits per heavy atom. The molecule has 0 rings (SSSR count). The van der Waals surface area contributed by atoms with Crippen LogP contribution in [0.3, 0.4) is 0 Å². The van der Waals surface area contributed by atoms with Gasteiger partial charge in [0.15, 0.2) is 0 Å². The maximum absolute atomic E-state index is 10.4. The van der Waals surface area contributed by atoms with Gasteiger partial charge in [-0.3, -0.25) is 0 Å². The van der Waals surface area contributed by atoms with Crippen LogP contribution in [-0.2, 0) is 4.79 Å². The molecule has 0 unspecified atom stereocenters. The fourth-order valence-electron chi connectivity index (χ4n) is 0.523. The summed E-state index contributed by atoms with van der Waals surface area (Å²) in [5.74, 6) is -0.912. The van der Waals surface area contributed by atoms with Gasteiger partial charge in [-0.05, 0) is 19.9 Å². The van der Waals surface area contributed by atoms with E-state index in [4.69, 9.17) is 5.11 Å². The van der Waals surface area contributed by atoms with Crippen LogP contribution >= 0.6 is 0 Å². The number of carbonyl (C=O) groups is 1. The van der Waals surface area contributed by atoms with Gasteiger partial charge < -0.3 is 5.11 Å². The van der Waals surface area contributed by atoms with Gasteiger partial charge >= 0.3 is 5.97 Å². The third kappa shape index (κ3) is 8.60. The monoisotopic (exact) mass is 182 g/mol. The van der Waals surface area contributed by atoms with E-state index < -0.39 is 5.97 Å². The Morgan fingerprint density at radius 1 is 1.31 bits per heavy atom. The Hall–Kier alpha value is -1.31. The summed E-state index contributed by atoms with van der Waals surface area (Å²) in [5, 5.41) is 8.54. The first-order valence-electron chi connectivity index (χ1n) is 4.31. The Labute approximate surface area is 80.3 Å². The SMILES string of the molecule is C=C(C)/C=C\C(=C/C)C(=O)O.CC. The van der Waals surface area contributed by atoms with Crippen LogP contribution in [0.1, 0.15) is 27.7 Å². The summed E-state index contributed by atoms with van der Waals surface area (Å²) in [6.07, 6.45) is 4.75. The minimum Gasteiger partial charge on any atom is -0.478 e. The molecule has 1 N–H and O–H groups in total. The lowest BCUT2D eigenvalue weighted by atomic mass is 10.2. The summed E-state index contributed by atoms with van der Waals surface area (Å²) in [4.78, 5) is 10.4. The number of carboxylic acids is 1. The molecular weight excluding hydrogens is 164 g/mol. The summed E-state index contributed by atoms with van der Waals surface area (Å²) in [5.41, 5.74) is 1.12. The van der Waals surface area contributed by atoms with Gasteiger partial charge in [-0.25, -0.2) is 4.79 Å². The molecule has 13 heavy (non-hydrogen) atoms. The zero-order chi connectivity index (χ0) is 10.9. The van der Waals surface area contributed by atoms with Crippen molar-refractivity contribution in [2.45, 2.75) is 27.7 Å². The van der Waals surface area contributed by atoms with Gasteiger partial charge in [0.05, 0.1) is 5.57 Å². The van der Waals surface area contributed by atoms with Crippen LogP contribution in [0.4, 0.5) is 0 Å². The molecular formula is C11H18O2. The van der Waals surface area contributed by atoms with Crippen LogP contribution in [0.2, 0.25) is 0 Å². The highest BCUT2D eigenvalue weighted by Crippen LogP contribution is 1.99. The molecule has 2 heteroatoms. The average molecular weight is 182 g/mol. The van der Waals surface area contributed by atoms with Gasteiger partial charge in [0.2, 0.25) is 0 Å². The molecule has 0 heterocycles. The highest BCUT2D eigenvalue weighted by Gasteiger charge is 1.98. The molecule has 0 aromatic heterocycles. The molecule has 0 aliphatic carbocycles. The first-order chi connectivity index (χ1) is 6.07. The molecule has 0 saturated carbocycles. The van der Waals surface area contributed by atoms with Gasteiger partial charge in [-0.1, -0.05) is 38.2 Å². The summed E-state index contributed by atoms with van der Waals surface area (Å²) in [7, 11) is 0. The maximum Gasteiger partial charge on any atom is 0.335 e. The van der Waals surface area contributed by atoms with Gasteiger partial charge in [0, 0.05) is 0 Å². The Kier molecular flexibility index (Phi) is 9.61. The van der Waals surface area contributed by atoms with Crippen molar-refractivity contribution >= 4 is 5.97 Å². The lowest BCUT2D eigenvalue weighted by Gasteiger charge is -1.91. The molecule has 0 amide bonds. The standard InChI is InChI=1S/C9H12O2.C2H6/c1-4-8(9(10)11)6-5-7(2)3;1-2/h4-6H,2H2,1,3H3,(H,10,11);1-2H3/b6-5-,8-4+;. The van der Waals surface area contributed by atoms with E-state index in [-0.39, 0.29) is 5.57 Å². The largest absolute Gasteiger partial charge is 0.478 e. The third-order valence-corrected chi connectivity index (χ3v) is 1.11. The Morgan fingerprint density at radius 3 is 2.00 bits per heavy atom. The van der Waals surface area contributed by atoms with Gasteiger partial charge in [-0.2, -0.15) is 0 Å². The van der Waals surface area contributed by atoms with Crippen LogP contribution in [0.5, 0.6) is 0 Å². The second-order valence-corrected chi connectivity index (χ2v) is 2.23. The van der Waals surface area contributed by atoms with E-state index in [1.807, 2.05) is 20.8 Å². The minimum atomic E-state index is -0.912. The molecule has 0 aliphatic heterocycles. The van der Waals surface area contributed by atoms with Crippen molar-refractivity contribution in [2.75, 3.05) is 0 Å². The number of hydrogen-bond acceptors (Lipinski definition) is 1. The normalized spacial score (nSPS) is 10.6. The minimum absolute atomic E-state index is 0.285. The van der Waals surface area contributed by atoms with E-state index in [1.54, 1.807) is 19.1 Å². The molecule has 2 nitrogen and oxygen atoms in total. The molecule has 0 atom stereocenters. The molecule has 0 radical (unpaired) electrons. The van der Waals surface area contributed by atoms with Crippen molar-refractivity contribution in [2.24, 2.45) is 0 Å². The summed E-state index contributed by atoms with van der Waals surface area (Å²) in [6.45, 7) is 11.1. The number of rotatable bonds is 3. The van der Waals surface area contributed by atoms with Crippen LogP contribution in [0.15, 0.2) is 36.0 Å². The molecule has 0 aromatic carbocycles. The quantitative estimate of drug-likeness (QED) is 0.537. The van der Waals surface area contributed by atoms with Crippen molar-refractivity contribution in [3.63, 3.8) is 0 Å². The van der Waals surface area contributed by atoms with Crippen molar-refractivity contribution < 1.29 is 9.90 Å². The van der Waals surface area contributed by atoms with Crippen LogP contribution in [0.25, 0.3) is 0 Å². The van der Waals surface area contributed by atoms with Gasteiger partial charge in [0.1, 0.15) is 0 Å². The number of allylic oxidation sites excluding steroid dienone is 3. The van der Waals surface area contributed by atoms with Crippen molar-refractivity contribution in [3.05, 3.63) is 36.0 Å². The first kappa shape index (κ1) is 14.2. The van der Waals surface area contributed by atoms with E-state index in [9.17, 15) is 4.79 Å². The predicted molar refractivity (Wildman–Crippen MR) is 56.7 cm³/mol. The summed E-state index contributed by atoms with van der Waals surface area (Å²) in [6, 6.07) is 0. The smallest absolute Gasteiger partial charge is 0.335 e. The second kappa shape index (κ2) is 8.78. The van der Waals surface area contributed by atoms with E-state index >= 15 is 0 Å². The average Bonchev–Trinajstić information content (AvgIpc) is 2.08. The van der Waals surface area contributed by atoms with Crippen LogP contribution in [0, 0.1) is 0 Å². The summed E-state index contributed by atoms with van der Waals surface area (Å²) < 4.78 is 0. The zero-order valence-corrected chi connectivity index (χ0v) is 8.79. The van der Waals surface area contributed by atoms with Crippen LogP contribution in [-0.4, -0.2) is 11.1 Å². The fourth-order valence-corrected chi connectivity index (χ4v) is 0.523. The number of hydrogen-bond donors (Lipinski definition) is 1. The van der Waals surface area contributed by atoms with Crippen molar-refractivity contribution in [1.82, 2.24) is 0 Å². The molecule has 0 saturated heterocycles. The van der Waals surface area contributed by atoms with Gasteiger partial charge in [-0.15, -0.1) is 0 Å². The molecule has 0 aliphatic rings. The zero-order valence-electron chi connectivity index (χ0n) is 8.79. The van der Waals surface area contributed by atoms with Crippen molar-refractivity contribution in [1.29, 1.82) is 0 Å². The Bertz CT molecular complexity index is 222. The topological polar surface area (TPSA) is 37.3 Å². The first-order valence-corrected chi connectivity index (χ1v) is 4.31. The second-order valence-electron chi connectivity index (χ2n) is 2.23. The van der Waals surface area contributed by atoms with E-state index in [0.29, 0.717) is 0 Å². The van der Waals surface area contributed by atoms with Gasteiger partial charge in [0.25, 0.3) is 0 Å². The number of carboxylic acid groups (broad SMARTS) is 1. The molecule has 0 fully saturated rings. The highest BCUT2D eigenvalue weighted by molar-refractivity contribution is 5.89. The molecule has 0 spiro atoms. The van der Waals surface area contributed by atoms with Crippen LogP contribution < -0.4 is 0 Å².